The predicted molar refractivity (Wildman–Crippen MR) is 62.6 cm³/mol. The van der Waals surface area contributed by atoms with E-state index >= 15 is 0 Å². The fourth-order valence-electron chi connectivity index (χ4n) is 1.60. The Kier molecular flexibility index (Phi) is 4.64. The number of aromatic nitrogens is 4. The van der Waals surface area contributed by atoms with E-state index in [9.17, 15) is 13.2 Å². The van der Waals surface area contributed by atoms with Crippen molar-refractivity contribution in [2.24, 2.45) is 0 Å². The van der Waals surface area contributed by atoms with E-state index in [2.05, 4.69) is 20.8 Å². The molecule has 0 amide bonds. The van der Waals surface area contributed by atoms with E-state index in [1.807, 2.05) is 0 Å². The van der Waals surface area contributed by atoms with Crippen LogP contribution >= 0.6 is 0 Å². The summed E-state index contributed by atoms with van der Waals surface area (Å²) < 4.78 is 45.9. The first kappa shape index (κ1) is 14.4. The molecule has 6 nitrogen and oxygen atoms in total. The van der Waals surface area contributed by atoms with Crippen LogP contribution in [0.1, 0.15) is 5.82 Å². The second-order valence-corrected chi connectivity index (χ2v) is 3.89. The second-order valence-electron chi connectivity index (χ2n) is 3.89. The molecule has 0 radical (unpaired) electrons. The molecule has 2 rings (SSSR count). The fraction of sp³-hybridized carbons (Fsp3) is 0.364. The van der Waals surface area contributed by atoms with Crippen molar-refractivity contribution in [3.63, 3.8) is 0 Å². The molecule has 1 N–H and O–H groups in total. The zero-order chi connectivity index (χ0) is 14.5. The Morgan fingerprint density at radius 1 is 1.25 bits per heavy atom. The Balaban J connectivity index is 2.24. The van der Waals surface area contributed by atoms with Gasteiger partial charge in [-0.15, -0.1) is 5.10 Å². The molecule has 0 unspecified atom stereocenters. The van der Waals surface area contributed by atoms with Crippen LogP contribution in [0.2, 0.25) is 0 Å². The number of tetrazole rings is 1. The summed E-state index contributed by atoms with van der Waals surface area (Å²) in [4.78, 5) is 0. The van der Waals surface area contributed by atoms with Crippen molar-refractivity contribution >= 4 is 0 Å². The average Bonchev–Trinajstić information content (AvgIpc) is 2.82. The lowest BCUT2D eigenvalue weighted by molar-refractivity contribution is 0.199. The van der Waals surface area contributed by atoms with Crippen LogP contribution < -0.4 is 5.32 Å². The Labute approximate surface area is 112 Å². The molecule has 20 heavy (non-hydrogen) atoms. The lowest BCUT2D eigenvalue weighted by Gasteiger charge is -2.08. The number of hydrogen-bond donors (Lipinski definition) is 1. The molecule has 9 heteroatoms. The summed E-state index contributed by atoms with van der Waals surface area (Å²) in [7, 11) is 1.55. The van der Waals surface area contributed by atoms with Crippen molar-refractivity contribution in [1.82, 2.24) is 25.5 Å². The van der Waals surface area contributed by atoms with Gasteiger partial charge in [0.15, 0.2) is 17.5 Å². The minimum Gasteiger partial charge on any atom is -0.383 e. The largest absolute Gasteiger partial charge is 0.383 e. The molecule has 0 atom stereocenters. The lowest BCUT2D eigenvalue weighted by Crippen LogP contribution is -2.21. The lowest BCUT2D eigenvalue weighted by atomic mass is 10.3. The standard InChI is InChI=1S/C11H12F3N5O/c1-20-3-2-15-6-10-16-17-18-19(10)11-8(13)4-7(12)5-9(11)14/h4-5,15H,2-3,6H2,1H3. The molecule has 0 fully saturated rings. The topological polar surface area (TPSA) is 64.9 Å². The number of hydrogen-bond acceptors (Lipinski definition) is 5. The maximum Gasteiger partial charge on any atom is 0.170 e. The van der Waals surface area contributed by atoms with Crippen LogP contribution in [-0.4, -0.2) is 40.5 Å². The van der Waals surface area contributed by atoms with Gasteiger partial charge in [0.05, 0.1) is 13.2 Å². The van der Waals surface area contributed by atoms with Crippen LogP contribution in [0.25, 0.3) is 5.69 Å². The third-order valence-corrected chi connectivity index (χ3v) is 2.49. The predicted octanol–water partition coefficient (Wildman–Crippen LogP) is 0.816. The van der Waals surface area contributed by atoms with Gasteiger partial charge in [0.25, 0.3) is 0 Å². The van der Waals surface area contributed by atoms with E-state index in [1.165, 1.54) is 0 Å². The highest BCUT2D eigenvalue weighted by atomic mass is 19.1. The molecule has 1 aromatic heterocycles. The van der Waals surface area contributed by atoms with Crippen LogP contribution in [0.4, 0.5) is 13.2 Å². The molecule has 0 aliphatic heterocycles. The molecule has 0 saturated heterocycles. The molecule has 0 spiro atoms. The van der Waals surface area contributed by atoms with Crippen molar-refractivity contribution in [2.75, 3.05) is 20.3 Å². The van der Waals surface area contributed by atoms with Crippen LogP contribution in [0, 0.1) is 17.5 Å². The molecular formula is C11H12F3N5O. The zero-order valence-electron chi connectivity index (χ0n) is 10.6. The average molecular weight is 287 g/mol. The van der Waals surface area contributed by atoms with Crippen molar-refractivity contribution in [2.45, 2.75) is 6.54 Å². The molecular weight excluding hydrogens is 275 g/mol. The summed E-state index contributed by atoms with van der Waals surface area (Å²) >= 11 is 0. The quantitative estimate of drug-likeness (QED) is 0.797. The molecule has 2 aromatic rings. The molecule has 108 valence electrons. The van der Waals surface area contributed by atoms with Gasteiger partial charge in [-0.1, -0.05) is 0 Å². The van der Waals surface area contributed by atoms with Gasteiger partial charge < -0.3 is 10.1 Å². The minimum absolute atomic E-state index is 0.187. The summed E-state index contributed by atoms with van der Waals surface area (Å²) in [6.07, 6.45) is 0. The van der Waals surface area contributed by atoms with Crippen LogP contribution in [0.5, 0.6) is 0 Å². The van der Waals surface area contributed by atoms with Crippen LogP contribution in [0.3, 0.4) is 0 Å². The Hall–Kier alpha value is -2.00. The number of methoxy groups -OCH3 is 1. The number of rotatable bonds is 6. The summed E-state index contributed by atoms with van der Waals surface area (Å²) in [6.45, 7) is 1.19. The molecule has 0 saturated carbocycles. The molecule has 0 aliphatic carbocycles. The minimum atomic E-state index is -1.08. The van der Waals surface area contributed by atoms with Crippen molar-refractivity contribution in [1.29, 1.82) is 0 Å². The molecule has 1 aromatic carbocycles. The van der Waals surface area contributed by atoms with Crippen molar-refractivity contribution in [3.8, 4) is 5.69 Å². The number of halogens is 3. The first-order valence-electron chi connectivity index (χ1n) is 5.75. The van der Waals surface area contributed by atoms with Gasteiger partial charge in [0.1, 0.15) is 11.5 Å². The number of benzene rings is 1. The van der Waals surface area contributed by atoms with E-state index in [4.69, 9.17) is 4.74 Å². The maximum absolute atomic E-state index is 13.7. The highest BCUT2D eigenvalue weighted by Crippen LogP contribution is 2.19. The van der Waals surface area contributed by atoms with E-state index in [-0.39, 0.29) is 12.4 Å². The Morgan fingerprint density at radius 2 is 1.95 bits per heavy atom. The summed E-state index contributed by atoms with van der Waals surface area (Å²) in [5.41, 5.74) is -0.514. The third-order valence-electron chi connectivity index (χ3n) is 2.49. The first-order valence-corrected chi connectivity index (χ1v) is 5.75. The van der Waals surface area contributed by atoms with Gasteiger partial charge in [0.2, 0.25) is 0 Å². The molecule has 0 aliphatic rings. The SMILES string of the molecule is COCCNCc1nnnn1-c1c(F)cc(F)cc1F. The summed E-state index contributed by atoms with van der Waals surface area (Å²) in [5, 5.41) is 13.5. The van der Waals surface area contributed by atoms with E-state index < -0.39 is 23.1 Å². The number of ether oxygens (including phenoxy) is 1. The van der Waals surface area contributed by atoms with Crippen molar-refractivity contribution < 1.29 is 17.9 Å². The Morgan fingerprint density at radius 3 is 2.60 bits per heavy atom. The van der Waals surface area contributed by atoms with Crippen LogP contribution in [-0.2, 0) is 11.3 Å². The van der Waals surface area contributed by atoms with Gasteiger partial charge in [-0.3, -0.25) is 0 Å². The van der Waals surface area contributed by atoms with Gasteiger partial charge >= 0.3 is 0 Å². The van der Waals surface area contributed by atoms with Gasteiger partial charge in [-0.2, -0.15) is 4.68 Å². The van der Waals surface area contributed by atoms with Crippen LogP contribution in [0.15, 0.2) is 12.1 Å². The van der Waals surface area contributed by atoms with Gasteiger partial charge in [-0.05, 0) is 10.4 Å². The van der Waals surface area contributed by atoms with E-state index in [1.54, 1.807) is 7.11 Å². The second kappa shape index (κ2) is 6.44. The molecule has 0 bridgehead atoms. The summed E-state index contributed by atoms with van der Waals surface area (Å²) in [6, 6.07) is 1.14. The van der Waals surface area contributed by atoms with Gasteiger partial charge in [-0.25, -0.2) is 13.2 Å². The van der Waals surface area contributed by atoms with Gasteiger partial charge in [0, 0.05) is 25.8 Å². The monoisotopic (exact) mass is 287 g/mol. The fourth-order valence-corrected chi connectivity index (χ4v) is 1.60. The Bertz CT molecular complexity index is 566. The highest BCUT2D eigenvalue weighted by Gasteiger charge is 2.18. The third kappa shape index (κ3) is 3.11. The highest BCUT2D eigenvalue weighted by molar-refractivity contribution is 5.35. The van der Waals surface area contributed by atoms with E-state index in [0.29, 0.717) is 25.3 Å². The molecule has 1 heterocycles. The maximum atomic E-state index is 13.7. The zero-order valence-corrected chi connectivity index (χ0v) is 10.6. The number of nitrogens with one attached hydrogen (secondary N) is 1. The number of nitrogens with zero attached hydrogens (tertiary/aromatic N) is 4. The van der Waals surface area contributed by atoms with E-state index in [0.717, 1.165) is 4.68 Å². The first-order chi connectivity index (χ1) is 9.63. The normalized spacial score (nSPS) is 11.0. The smallest absolute Gasteiger partial charge is 0.170 e. The van der Waals surface area contributed by atoms with Crippen molar-refractivity contribution in [3.05, 3.63) is 35.4 Å². The summed E-state index contributed by atoms with van der Waals surface area (Å²) in [5.74, 6) is -2.96.